The summed E-state index contributed by atoms with van der Waals surface area (Å²) in [6, 6.07) is 10.7. The van der Waals surface area contributed by atoms with Crippen molar-refractivity contribution >= 4 is 22.7 Å². The van der Waals surface area contributed by atoms with Gasteiger partial charge in [-0.25, -0.2) is 0 Å². The average molecular weight is 246 g/mol. The molecule has 2 nitrogen and oxygen atoms in total. The molecule has 0 saturated carbocycles. The number of benzene rings is 1. The van der Waals surface area contributed by atoms with Crippen LogP contribution in [0.25, 0.3) is 0 Å². The van der Waals surface area contributed by atoms with E-state index in [4.69, 9.17) is 5.73 Å². The topological polar surface area (TPSA) is 29.3 Å². The van der Waals surface area contributed by atoms with Gasteiger partial charge in [-0.05, 0) is 43.0 Å². The normalized spacial score (nSPS) is 12.4. The third-order valence-corrected chi connectivity index (χ3v) is 4.19. The second-order valence-electron chi connectivity index (χ2n) is 4.35. The van der Waals surface area contributed by atoms with E-state index in [1.54, 1.807) is 11.3 Å². The highest BCUT2D eigenvalue weighted by Crippen LogP contribution is 2.31. The van der Waals surface area contributed by atoms with Gasteiger partial charge in [0.2, 0.25) is 0 Å². The molecule has 0 aliphatic rings. The zero-order valence-electron chi connectivity index (χ0n) is 10.5. The Balaban J connectivity index is 2.30. The Labute approximate surface area is 107 Å². The summed E-state index contributed by atoms with van der Waals surface area (Å²) in [5, 5.41) is 2.12. The molecule has 1 aromatic heterocycles. The predicted molar refractivity (Wildman–Crippen MR) is 76.7 cm³/mol. The summed E-state index contributed by atoms with van der Waals surface area (Å²) in [5.74, 6) is 0. The van der Waals surface area contributed by atoms with Crippen molar-refractivity contribution in [2.75, 3.05) is 17.7 Å². The number of rotatable bonds is 3. The molecular formula is C14H18N2S. The minimum atomic E-state index is 0.371. The molecule has 90 valence electrons. The van der Waals surface area contributed by atoms with Gasteiger partial charge in [-0.1, -0.05) is 12.1 Å². The minimum absolute atomic E-state index is 0.371. The van der Waals surface area contributed by atoms with Crippen molar-refractivity contribution in [3.63, 3.8) is 0 Å². The molecule has 2 N–H and O–H groups in total. The molecular weight excluding hydrogens is 228 g/mol. The summed E-state index contributed by atoms with van der Waals surface area (Å²) < 4.78 is 0. The van der Waals surface area contributed by atoms with Crippen LogP contribution in [0.15, 0.2) is 35.7 Å². The van der Waals surface area contributed by atoms with E-state index in [2.05, 4.69) is 49.4 Å². The third kappa shape index (κ3) is 2.44. The van der Waals surface area contributed by atoms with Crippen LogP contribution in [0.2, 0.25) is 0 Å². The highest BCUT2D eigenvalue weighted by atomic mass is 32.1. The number of nitrogens with zero attached hydrogens (tertiary/aromatic N) is 1. The molecule has 2 aromatic rings. The summed E-state index contributed by atoms with van der Waals surface area (Å²) >= 11 is 1.79. The van der Waals surface area contributed by atoms with E-state index in [-0.39, 0.29) is 0 Å². The van der Waals surface area contributed by atoms with Crippen LogP contribution in [-0.4, -0.2) is 7.05 Å². The lowest BCUT2D eigenvalue weighted by Gasteiger charge is -2.28. The summed E-state index contributed by atoms with van der Waals surface area (Å²) in [7, 11) is 2.12. The first kappa shape index (κ1) is 12.0. The van der Waals surface area contributed by atoms with E-state index in [0.29, 0.717) is 6.04 Å². The van der Waals surface area contributed by atoms with E-state index in [9.17, 15) is 0 Å². The van der Waals surface area contributed by atoms with Crippen LogP contribution in [0.3, 0.4) is 0 Å². The molecule has 0 fully saturated rings. The first-order valence-electron chi connectivity index (χ1n) is 5.72. The number of anilines is 2. The minimum Gasteiger partial charge on any atom is -0.399 e. The van der Waals surface area contributed by atoms with Gasteiger partial charge < -0.3 is 10.6 Å². The van der Waals surface area contributed by atoms with Crippen molar-refractivity contribution in [1.29, 1.82) is 0 Å². The zero-order valence-corrected chi connectivity index (χ0v) is 11.3. The smallest absolute Gasteiger partial charge is 0.0603 e. The standard InChI is InChI=1S/C14H18N2S/c1-10-6-7-12(15)9-13(10)16(3)11(2)14-5-4-8-17-14/h4-9,11H,15H2,1-3H3. The van der Waals surface area contributed by atoms with Gasteiger partial charge in [0.15, 0.2) is 0 Å². The Morgan fingerprint density at radius 2 is 2.06 bits per heavy atom. The highest BCUT2D eigenvalue weighted by molar-refractivity contribution is 7.10. The SMILES string of the molecule is Cc1ccc(N)cc1N(C)C(C)c1cccs1. The Kier molecular flexibility index (Phi) is 3.38. The van der Waals surface area contributed by atoms with Crippen LogP contribution in [-0.2, 0) is 0 Å². The van der Waals surface area contributed by atoms with Crippen LogP contribution < -0.4 is 10.6 Å². The molecule has 3 heteroatoms. The van der Waals surface area contributed by atoms with E-state index < -0.39 is 0 Å². The van der Waals surface area contributed by atoms with Gasteiger partial charge >= 0.3 is 0 Å². The Morgan fingerprint density at radius 3 is 2.71 bits per heavy atom. The number of nitrogen functional groups attached to an aromatic ring is 1. The van der Waals surface area contributed by atoms with Gasteiger partial charge in [0, 0.05) is 23.3 Å². The largest absolute Gasteiger partial charge is 0.399 e. The summed E-state index contributed by atoms with van der Waals surface area (Å²) in [6.45, 7) is 4.33. The van der Waals surface area contributed by atoms with Crippen LogP contribution in [0.4, 0.5) is 11.4 Å². The van der Waals surface area contributed by atoms with Gasteiger partial charge in [-0.15, -0.1) is 11.3 Å². The van der Waals surface area contributed by atoms with Gasteiger partial charge in [-0.2, -0.15) is 0 Å². The number of hydrogen-bond donors (Lipinski definition) is 1. The summed E-state index contributed by atoms with van der Waals surface area (Å²) in [6.07, 6.45) is 0. The van der Waals surface area contributed by atoms with Crippen molar-refractivity contribution < 1.29 is 0 Å². The molecule has 1 atom stereocenters. The molecule has 17 heavy (non-hydrogen) atoms. The molecule has 0 amide bonds. The van der Waals surface area contributed by atoms with Crippen LogP contribution in [0.1, 0.15) is 23.4 Å². The van der Waals surface area contributed by atoms with E-state index in [1.165, 1.54) is 16.1 Å². The highest BCUT2D eigenvalue weighted by Gasteiger charge is 2.14. The predicted octanol–water partition coefficient (Wildman–Crippen LogP) is 3.84. The van der Waals surface area contributed by atoms with E-state index >= 15 is 0 Å². The molecule has 1 unspecified atom stereocenters. The lowest BCUT2D eigenvalue weighted by atomic mass is 10.1. The first-order chi connectivity index (χ1) is 8.09. The summed E-state index contributed by atoms with van der Waals surface area (Å²) in [4.78, 5) is 3.65. The number of thiophene rings is 1. The van der Waals surface area contributed by atoms with Gasteiger partial charge in [-0.3, -0.25) is 0 Å². The van der Waals surface area contributed by atoms with Gasteiger partial charge in [0.25, 0.3) is 0 Å². The monoisotopic (exact) mass is 246 g/mol. The maximum atomic E-state index is 5.86. The van der Waals surface area contributed by atoms with Crippen molar-refractivity contribution in [3.8, 4) is 0 Å². The molecule has 0 spiro atoms. The van der Waals surface area contributed by atoms with Crippen molar-refractivity contribution in [1.82, 2.24) is 0 Å². The molecule has 1 heterocycles. The zero-order chi connectivity index (χ0) is 12.4. The Bertz CT molecular complexity index is 491. The molecule has 0 aliphatic carbocycles. The summed E-state index contributed by atoms with van der Waals surface area (Å²) in [5.41, 5.74) is 9.13. The van der Waals surface area contributed by atoms with Gasteiger partial charge in [0.1, 0.15) is 0 Å². The third-order valence-electron chi connectivity index (χ3n) is 3.15. The molecule has 1 aromatic carbocycles. The maximum Gasteiger partial charge on any atom is 0.0603 e. The van der Waals surface area contributed by atoms with E-state index in [1.807, 2.05) is 12.1 Å². The van der Waals surface area contributed by atoms with Crippen molar-refractivity contribution in [3.05, 3.63) is 46.2 Å². The second kappa shape index (κ2) is 4.80. The van der Waals surface area contributed by atoms with Crippen molar-refractivity contribution in [2.24, 2.45) is 0 Å². The molecule has 2 rings (SSSR count). The lowest BCUT2D eigenvalue weighted by Crippen LogP contribution is -2.21. The number of hydrogen-bond acceptors (Lipinski definition) is 3. The molecule has 0 aliphatic heterocycles. The Morgan fingerprint density at radius 1 is 1.29 bits per heavy atom. The van der Waals surface area contributed by atoms with Crippen LogP contribution >= 0.6 is 11.3 Å². The number of nitrogens with two attached hydrogens (primary N) is 1. The average Bonchev–Trinajstić information content (AvgIpc) is 2.84. The van der Waals surface area contributed by atoms with Crippen LogP contribution in [0, 0.1) is 6.92 Å². The molecule has 0 saturated heterocycles. The quantitative estimate of drug-likeness (QED) is 0.834. The second-order valence-corrected chi connectivity index (χ2v) is 5.33. The number of aryl methyl sites for hydroxylation is 1. The lowest BCUT2D eigenvalue weighted by molar-refractivity contribution is 0.752. The van der Waals surface area contributed by atoms with E-state index in [0.717, 1.165) is 5.69 Å². The fourth-order valence-corrected chi connectivity index (χ4v) is 2.76. The Hall–Kier alpha value is -1.48. The fourth-order valence-electron chi connectivity index (χ4n) is 1.93. The maximum absolute atomic E-state index is 5.86. The van der Waals surface area contributed by atoms with Gasteiger partial charge in [0.05, 0.1) is 6.04 Å². The fraction of sp³-hybridized carbons (Fsp3) is 0.286. The molecule has 0 radical (unpaired) electrons. The first-order valence-corrected chi connectivity index (χ1v) is 6.60. The van der Waals surface area contributed by atoms with Crippen molar-refractivity contribution in [2.45, 2.75) is 19.9 Å². The molecule has 0 bridgehead atoms. The van der Waals surface area contributed by atoms with Crippen LogP contribution in [0.5, 0.6) is 0 Å².